The number of benzene rings is 1. The number of nitrogens with zero attached hydrogens (tertiary/aromatic N) is 1. The molecule has 104 valence electrons. The Kier molecular flexibility index (Phi) is 3.79. The van der Waals surface area contributed by atoms with Gasteiger partial charge in [0.05, 0.1) is 5.69 Å². The number of pyridine rings is 1. The fourth-order valence-electron chi connectivity index (χ4n) is 2.17. The molecule has 0 radical (unpaired) electrons. The smallest absolute Gasteiger partial charge is 0.243 e. The Morgan fingerprint density at radius 2 is 2.19 bits per heavy atom. The summed E-state index contributed by atoms with van der Waals surface area (Å²) in [5, 5.41) is 6.05. The summed E-state index contributed by atoms with van der Waals surface area (Å²) in [5.41, 5.74) is 3.04. The SMILES string of the molecule is C=CC(=O)NCc1ccc(-c2cccc3sccc23)nc1. The highest BCUT2D eigenvalue weighted by atomic mass is 32.1. The lowest BCUT2D eigenvalue weighted by Gasteiger charge is -2.05. The fourth-order valence-corrected chi connectivity index (χ4v) is 2.98. The van der Waals surface area contributed by atoms with Gasteiger partial charge < -0.3 is 5.32 Å². The molecule has 0 unspecified atom stereocenters. The van der Waals surface area contributed by atoms with Crippen LogP contribution in [0.15, 0.2) is 60.6 Å². The second kappa shape index (κ2) is 5.89. The summed E-state index contributed by atoms with van der Waals surface area (Å²) in [4.78, 5) is 15.7. The van der Waals surface area contributed by atoms with Crippen molar-refractivity contribution < 1.29 is 4.79 Å². The van der Waals surface area contributed by atoms with Gasteiger partial charge in [-0.15, -0.1) is 11.3 Å². The van der Waals surface area contributed by atoms with Gasteiger partial charge >= 0.3 is 0 Å². The van der Waals surface area contributed by atoms with E-state index in [1.54, 1.807) is 17.5 Å². The Morgan fingerprint density at radius 1 is 1.29 bits per heavy atom. The maximum Gasteiger partial charge on any atom is 0.243 e. The molecule has 0 aliphatic carbocycles. The van der Waals surface area contributed by atoms with Gasteiger partial charge in [-0.2, -0.15) is 0 Å². The van der Waals surface area contributed by atoms with Crippen LogP contribution in [0.4, 0.5) is 0 Å². The normalized spacial score (nSPS) is 10.5. The van der Waals surface area contributed by atoms with E-state index in [9.17, 15) is 4.79 Å². The van der Waals surface area contributed by atoms with Crippen molar-refractivity contribution in [3.05, 3.63) is 66.2 Å². The molecule has 0 saturated heterocycles. The number of carbonyl (C=O) groups excluding carboxylic acids is 1. The highest BCUT2D eigenvalue weighted by molar-refractivity contribution is 7.17. The first kappa shape index (κ1) is 13.5. The molecule has 3 rings (SSSR count). The minimum atomic E-state index is -0.179. The van der Waals surface area contributed by atoms with Crippen LogP contribution in [0.2, 0.25) is 0 Å². The number of carbonyl (C=O) groups is 1. The van der Waals surface area contributed by atoms with E-state index >= 15 is 0 Å². The van der Waals surface area contributed by atoms with E-state index in [2.05, 4.69) is 40.5 Å². The average Bonchev–Trinajstić information content (AvgIpc) is 3.01. The number of hydrogen-bond donors (Lipinski definition) is 1. The molecule has 1 aromatic carbocycles. The van der Waals surface area contributed by atoms with E-state index in [0.29, 0.717) is 6.54 Å². The monoisotopic (exact) mass is 294 g/mol. The summed E-state index contributed by atoms with van der Waals surface area (Å²) in [6.45, 7) is 3.88. The van der Waals surface area contributed by atoms with E-state index in [-0.39, 0.29) is 5.91 Å². The van der Waals surface area contributed by atoms with E-state index in [1.165, 1.54) is 16.2 Å². The van der Waals surface area contributed by atoms with Crippen molar-refractivity contribution in [3.8, 4) is 11.3 Å². The van der Waals surface area contributed by atoms with Gasteiger partial charge in [-0.05, 0) is 35.2 Å². The molecule has 0 aliphatic rings. The fraction of sp³-hybridized carbons (Fsp3) is 0.0588. The second-order valence-corrected chi connectivity index (χ2v) is 5.56. The molecule has 0 aliphatic heterocycles. The van der Waals surface area contributed by atoms with Crippen LogP contribution in [0.3, 0.4) is 0 Å². The zero-order chi connectivity index (χ0) is 14.7. The maximum absolute atomic E-state index is 11.1. The van der Waals surface area contributed by atoms with Crippen LogP contribution in [0.25, 0.3) is 21.3 Å². The lowest BCUT2D eigenvalue weighted by atomic mass is 10.1. The molecule has 1 N–H and O–H groups in total. The highest BCUT2D eigenvalue weighted by Gasteiger charge is 2.06. The number of fused-ring (bicyclic) bond motifs is 1. The number of nitrogens with one attached hydrogen (secondary N) is 1. The number of hydrogen-bond acceptors (Lipinski definition) is 3. The Bertz CT molecular complexity index is 790. The predicted molar refractivity (Wildman–Crippen MR) is 87.1 cm³/mol. The number of thiophene rings is 1. The largest absolute Gasteiger partial charge is 0.348 e. The zero-order valence-electron chi connectivity index (χ0n) is 11.4. The molecule has 2 aromatic heterocycles. The molecule has 0 spiro atoms. The van der Waals surface area contributed by atoms with Crippen molar-refractivity contribution in [3.63, 3.8) is 0 Å². The predicted octanol–water partition coefficient (Wildman–Crippen LogP) is 3.77. The van der Waals surface area contributed by atoms with Crippen molar-refractivity contribution in [2.75, 3.05) is 0 Å². The second-order valence-electron chi connectivity index (χ2n) is 4.61. The van der Waals surface area contributed by atoms with Crippen molar-refractivity contribution in [2.24, 2.45) is 0 Å². The number of rotatable bonds is 4. The molecule has 21 heavy (non-hydrogen) atoms. The highest BCUT2D eigenvalue weighted by Crippen LogP contribution is 2.30. The van der Waals surface area contributed by atoms with Gasteiger partial charge in [-0.3, -0.25) is 9.78 Å². The van der Waals surface area contributed by atoms with Gasteiger partial charge in [-0.25, -0.2) is 0 Å². The van der Waals surface area contributed by atoms with Crippen molar-refractivity contribution in [2.45, 2.75) is 6.54 Å². The molecular weight excluding hydrogens is 280 g/mol. The topological polar surface area (TPSA) is 42.0 Å². The third-order valence-corrected chi connectivity index (χ3v) is 4.13. The molecule has 0 atom stereocenters. The minimum absolute atomic E-state index is 0.179. The van der Waals surface area contributed by atoms with Crippen LogP contribution in [0.1, 0.15) is 5.56 Å². The van der Waals surface area contributed by atoms with Gasteiger partial charge in [0.1, 0.15) is 0 Å². The molecule has 3 nitrogen and oxygen atoms in total. The average molecular weight is 294 g/mol. The molecule has 1 amide bonds. The van der Waals surface area contributed by atoms with E-state index in [4.69, 9.17) is 0 Å². The van der Waals surface area contributed by atoms with Gasteiger partial charge in [0.25, 0.3) is 0 Å². The van der Waals surface area contributed by atoms with Crippen molar-refractivity contribution in [1.82, 2.24) is 10.3 Å². The molecule has 3 aromatic rings. The molecule has 2 heterocycles. The zero-order valence-corrected chi connectivity index (χ0v) is 12.2. The summed E-state index contributed by atoms with van der Waals surface area (Å²) in [7, 11) is 0. The van der Waals surface area contributed by atoms with Crippen LogP contribution in [-0.4, -0.2) is 10.9 Å². The van der Waals surface area contributed by atoms with Crippen LogP contribution >= 0.6 is 11.3 Å². The lowest BCUT2D eigenvalue weighted by molar-refractivity contribution is -0.116. The van der Waals surface area contributed by atoms with Gasteiger partial charge in [-0.1, -0.05) is 24.8 Å². The van der Waals surface area contributed by atoms with E-state index in [1.807, 2.05) is 18.2 Å². The molecule has 0 fully saturated rings. The van der Waals surface area contributed by atoms with E-state index in [0.717, 1.165) is 16.8 Å². The Labute approximate surface area is 127 Å². The molecule has 4 heteroatoms. The first-order chi connectivity index (χ1) is 10.3. The number of amides is 1. The molecular formula is C17H14N2OS. The third-order valence-electron chi connectivity index (χ3n) is 3.25. The summed E-state index contributed by atoms with van der Waals surface area (Å²) in [5.74, 6) is -0.179. The Hall–Kier alpha value is -2.46. The number of aromatic nitrogens is 1. The van der Waals surface area contributed by atoms with Gasteiger partial charge in [0, 0.05) is 28.4 Å². The van der Waals surface area contributed by atoms with E-state index < -0.39 is 0 Å². The first-order valence-corrected chi connectivity index (χ1v) is 7.47. The van der Waals surface area contributed by atoms with Crippen LogP contribution in [-0.2, 0) is 11.3 Å². The van der Waals surface area contributed by atoms with Crippen molar-refractivity contribution in [1.29, 1.82) is 0 Å². The summed E-state index contributed by atoms with van der Waals surface area (Å²) in [6, 6.07) is 12.3. The Balaban J connectivity index is 1.85. The van der Waals surface area contributed by atoms with Crippen LogP contribution in [0.5, 0.6) is 0 Å². The standard InChI is InChI=1S/C17H14N2OS/c1-2-17(20)19-11-12-6-7-15(18-10-12)13-4-3-5-16-14(13)8-9-21-16/h2-10H,1,11H2,(H,19,20). The van der Waals surface area contributed by atoms with Gasteiger partial charge in [0.15, 0.2) is 0 Å². The maximum atomic E-state index is 11.1. The lowest BCUT2D eigenvalue weighted by Crippen LogP contribution is -2.19. The Morgan fingerprint density at radius 3 is 2.95 bits per heavy atom. The van der Waals surface area contributed by atoms with Gasteiger partial charge in [0.2, 0.25) is 5.91 Å². The minimum Gasteiger partial charge on any atom is -0.348 e. The molecule has 0 bridgehead atoms. The third kappa shape index (κ3) is 2.85. The van der Waals surface area contributed by atoms with Crippen LogP contribution < -0.4 is 5.32 Å². The van der Waals surface area contributed by atoms with Crippen LogP contribution in [0, 0.1) is 0 Å². The summed E-state index contributed by atoms with van der Waals surface area (Å²) >= 11 is 1.73. The quantitative estimate of drug-likeness (QED) is 0.744. The molecule has 0 saturated carbocycles. The first-order valence-electron chi connectivity index (χ1n) is 6.60. The summed E-state index contributed by atoms with van der Waals surface area (Å²) < 4.78 is 1.26. The van der Waals surface area contributed by atoms with Crippen molar-refractivity contribution >= 4 is 27.3 Å². The summed E-state index contributed by atoms with van der Waals surface area (Å²) in [6.07, 6.45) is 3.06.